The van der Waals surface area contributed by atoms with E-state index in [9.17, 15) is 4.79 Å². The van der Waals surface area contributed by atoms with Crippen LogP contribution in [0.2, 0.25) is 0 Å². The Morgan fingerprint density at radius 2 is 2.04 bits per heavy atom. The lowest BCUT2D eigenvalue weighted by Gasteiger charge is -2.05. The minimum Gasteiger partial charge on any atom is -0.360 e. The number of amides is 1. The van der Waals surface area contributed by atoms with Gasteiger partial charge in [0, 0.05) is 24.0 Å². The fourth-order valence-electron chi connectivity index (χ4n) is 2.50. The van der Waals surface area contributed by atoms with Crippen LogP contribution in [-0.2, 0) is 4.79 Å². The van der Waals surface area contributed by atoms with Gasteiger partial charge in [-0.3, -0.25) is 4.79 Å². The summed E-state index contributed by atoms with van der Waals surface area (Å²) in [4.78, 5) is 11.9. The molecular formula is C19H16N6O2S. The first kappa shape index (κ1) is 17.9. The molecule has 0 saturated carbocycles. The largest absolute Gasteiger partial charge is 0.360 e. The lowest BCUT2D eigenvalue weighted by atomic mass is 10.1. The average Bonchev–Trinajstić information content (AvgIpc) is 3.39. The summed E-state index contributed by atoms with van der Waals surface area (Å²) in [5, 5.41) is 19.7. The summed E-state index contributed by atoms with van der Waals surface area (Å²) in [7, 11) is 0. The van der Waals surface area contributed by atoms with Crippen molar-refractivity contribution in [1.29, 1.82) is 0 Å². The van der Waals surface area contributed by atoms with Gasteiger partial charge in [0.1, 0.15) is 10.8 Å². The van der Waals surface area contributed by atoms with Gasteiger partial charge < -0.3 is 9.84 Å². The van der Waals surface area contributed by atoms with Gasteiger partial charge in [0.15, 0.2) is 5.82 Å². The van der Waals surface area contributed by atoms with Crippen LogP contribution in [0.3, 0.4) is 0 Å². The van der Waals surface area contributed by atoms with Crippen LogP contribution in [0.15, 0.2) is 70.5 Å². The molecule has 0 aliphatic carbocycles. The molecule has 28 heavy (non-hydrogen) atoms. The molecule has 1 N–H and O–H groups in total. The van der Waals surface area contributed by atoms with E-state index in [4.69, 9.17) is 4.52 Å². The predicted molar refractivity (Wildman–Crippen MR) is 105 cm³/mol. The molecule has 0 radical (unpaired) electrons. The number of thioether (sulfide) groups is 1. The molecule has 3 heterocycles. The van der Waals surface area contributed by atoms with Gasteiger partial charge in [0.05, 0.1) is 17.1 Å². The van der Waals surface area contributed by atoms with E-state index in [0.717, 1.165) is 16.9 Å². The number of carbonyl (C=O) groups is 1. The van der Waals surface area contributed by atoms with Crippen LogP contribution in [-0.4, -0.2) is 36.8 Å². The Morgan fingerprint density at radius 1 is 1.18 bits per heavy atom. The molecule has 8 nitrogen and oxygen atoms in total. The maximum Gasteiger partial charge on any atom is 0.236 e. The third-order valence-corrected chi connectivity index (χ3v) is 4.74. The molecule has 3 aromatic heterocycles. The summed E-state index contributed by atoms with van der Waals surface area (Å²) in [6.07, 6.45) is 3.63. The molecule has 4 rings (SSSR count). The van der Waals surface area contributed by atoms with Crippen molar-refractivity contribution in [3.8, 4) is 16.9 Å². The number of hydrogen-bond acceptors (Lipinski definition) is 7. The fourth-order valence-corrected chi connectivity index (χ4v) is 3.12. The third kappa shape index (κ3) is 4.26. The number of aromatic nitrogens is 5. The summed E-state index contributed by atoms with van der Waals surface area (Å²) >= 11 is 1.30. The number of hydrogen-bond donors (Lipinski definition) is 1. The topological polar surface area (TPSA) is 98.7 Å². The van der Waals surface area contributed by atoms with Crippen molar-refractivity contribution in [2.75, 3.05) is 11.1 Å². The predicted octanol–water partition coefficient (Wildman–Crippen LogP) is 3.36. The molecule has 0 saturated heterocycles. The zero-order chi connectivity index (χ0) is 19.3. The normalized spacial score (nSPS) is 10.8. The van der Waals surface area contributed by atoms with E-state index in [-0.39, 0.29) is 11.7 Å². The van der Waals surface area contributed by atoms with E-state index in [1.54, 1.807) is 23.9 Å². The Hall–Kier alpha value is -3.46. The second kappa shape index (κ2) is 8.05. The van der Waals surface area contributed by atoms with Gasteiger partial charge in [0.2, 0.25) is 5.91 Å². The van der Waals surface area contributed by atoms with Crippen LogP contribution in [0.5, 0.6) is 0 Å². The number of anilines is 1. The van der Waals surface area contributed by atoms with E-state index in [0.29, 0.717) is 16.6 Å². The highest BCUT2D eigenvalue weighted by Crippen LogP contribution is 2.21. The van der Waals surface area contributed by atoms with E-state index in [2.05, 4.69) is 25.8 Å². The molecule has 0 fully saturated rings. The molecule has 0 aliphatic heterocycles. The summed E-state index contributed by atoms with van der Waals surface area (Å²) in [6.45, 7) is 1.76. The zero-order valence-electron chi connectivity index (χ0n) is 14.9. The summed E-state index contributed by atoms with van der Waals surface area (Å²) in [5.41, 5.74) is 2.69. The molecule has 0 aliphatic rings. The number of nitrogens with zero attached hydrogens (tertiary/aromatic N) is 5. The van der Waals surface area contributed by atoms with Gasteiger partial charge in [-0.15, -0.1) is 10.2 Å². The third-order valence-electron chi connectivity index (χ3n) is 3.82. The van der Waals surface area contributed by atoms with Gasteiger partial charge in [-0.25, -0.2) is 4.68 Å². The van der Waals surface area contributed by atoms with Crippen LogP contribution >= 0.6 is 11.8 Å². The Morgan fingerprint density at radius 3 is 2.68 bits per heavy atom. The van der Waals surface area contributed by atoms with Gasteiger partial charge in [-0.2, -0.15) is 5.10 Å². The van der Waals surface area contributed by atoms with E-state index >= 15 is 0 Å². The minimum absolute atomic E-state index is 0.182. The Labute approximate surface area is 165 Å². The number of nitrogens with one attached hydrogen (secondary N) is 1. The molecule has 0 bridgehead atoms. The van der Waals surface area contributed by atoms with Gasteiger partial charge in [0.25, 0.3) is 0 Å². The van der Waals surface area contributed by atoms with Crippen LogP contribution in [0.1, 0.15) is 5.76 Å². The first-order valence-corrected chi connectivity index (χ1v) is 9.46. The second-order valence-electron chi connectivity index (χ2n) is 5.91. The van der Waals surface area contributed by atoms with Crippen LogP contribution < -0.4 is 5.32 Å². The van der Waals surface area contributed by atoms with Crippen molar-refractivity contribution in [1.82, 2.24) is 25.1 Å². The lowest BCUT2D eigenvalue weighted by Crippen LogP contribution is -2.14. The lowest BCUT2D eigenvalue weighted by molar-refractivity contribution is -0.113. The van der Waals surface area contributed by atoms with Crippen molar-refractivity contribution >= 4 is 23.5 Å². The Balaban J connectivity index is 1.35. The zero-order valence-corrected chi connectivity index (χ0v) is 15.8. The van der Waals surface area contributed by atoms with E-state index < -0.39 is 0 Å². The van der Waals surface area contributed by atoms with Gasteiger partial charge >= 0.3 is 0 Å². The average molecular weight is 392 g/mol. The van der Waals surface area contributed by atoms with Gasteiger partial charge in [-0.1, -0.05) is 29.1 Å². The highest BCUT2D eigenvalue weighted by molar-refractivity contribution is 7.99. The fraction of sp³-hybridized carbons (Fsp3) is 0.105. The van der Waals surface area contributed by atoms with Crippen molar-refractivity contribution < 1.29 is 9.32 Å². The van der Waals surface area contributed by atoms with Crippen LogP contribution in [0, 0.1) is 6.92 Å². The second-order valence-corrected chi connectivity index (χ2v) is 6.91. The molecule has 1 amide bonds. The molecule has 9 heteroatoms. The highest BCUT2D eigenvalue weighted by Gasteiger charge is 2.08. The number of carbonyl (C=O) groups excluding carboxylic acids is 1. The first-order chi connectivity index (χ1) is 13.7. The number of rotatable bonds is 6. The van der Waals surface area contributed by atoms with Crippen molar-refractivity contribution in [3.63, 3.8) is 0 Å². The standard InChI is InChI=1S/C19H16N6O2S/c1-13-11-17(24-27-13)21-18(26)12-28-19-8-7-16(22-23-19)14-3-5-15(6-4-14)25-10-2-9-20-25/h2-11H,12H2,1H3,(H,21,24,26). The molecular weight excluding hydrogens is 376 g/mol. The van der Waals surface area contributed by atoms with Crippen LogP contribution in [0.4, 0.5) is 5.82 Å². The van der Waals surface area contributed by atoms with Gasteiger partial charge in [-0.05, 0) is 37.3 Å². The van der Waals surface area contributed by atoms with E-state index in [1.807, 2.05) is 48.7 Å². The smallest absolute Gasteiger partial charge is 0.236 e. The van der Waals surface area contributed by atoms with Crippen molar-refractivity contribution in [2.45, 2.75) is 11.9 Å². The molecule has 0 unspecified atom stereocenters. The first-order valence-electron chi connectivity index (χ1n) is 8.47. The molecule has 4 aromatic rings. The Bertz CT molecular complexity index is 1060. The van der Waals surface area contributed by atoms with E-state index in [1.165, 1.54) is 11.8 Å². The van der Waals surface area contributed by atoms with Crippen LogP contribution in [0.25, 0.3) is 16.9 Å². The number of aryl methyl sites for hydroxylation is 1. The maximum absolute atomic E-state index is 11.9. The summed E-state index contributed by atoms with van der Waals surface area (Å²) in [5.74, 6) is 1.07. The maximum atomic E-state index is 11.9. The summed E-state index contributed by atoms with van der Waals surface area (Å²) in [6, 6.07) is 15.2. The quantitative estimate of drug-likeness (QED) is 0.502. The minimum atomic E-state index is -0.182. The monoisotopic (exact) mass is 392 g/mol. The molecule has 0 spiro atoms. The van der Waals surface area contributed by atoms with Crippen molar-refractivity contribution in [3.05, 3.63) is 66.7 Å². The number of benzene rings is 1. The molecule has 140 valence electrons. The van der Waals surface area contributed by atoms with Crippen molar-refractivity contribution in [2.24, 2.45) is 0 Å². The molecule has 0 atom stereocenters. The highest BCUT2D eigenvalue weighted by atomic mass is 32.2. The Kier molecular flexibility index (Phi) is 5.16. The molecule has 1 aromatic carbocycles. The SMILES string of the molecule is Cc1cc(NC(=O)CSc2ccc(-c3ccc(-n4cccn4)cc3)nn2)no1. The summed E-state index contributed by atoms with van der Waals surface area (Å²) < 4.78 is 6.71.